The van der Waals surface area contributed by atoms with E-state index in [1.807, 2.05) is 30.3 Å². The third kappa shape index (κ3) is 1.93. The highest BCUT2D eigenvalue weighted by Gasteiger charge is 2.55. The molecule has 2 atom stereocenters. The van der Waals surface area contributed by atoms with Gasteiger partial charge in [-0.2, -0.15) is 5.26 Å². The minimum absolute atomic E-state index is 0.114. The molecule has 2 nitrogen and oxygen atoms in total. The Bertz CT molecular complexity index is 355. The molecule has 1 unspecified atom stereocenters. The molecule has 0 aromatic heterocycles. The van der Waals surface area contributed by atoms with E-state index in [0.29, 0.717) is 0 Å². The summed E-state index contributed by atoms with van der Waals surface area (Å²) in [5, 5.41) is 18.0. The van der Waals surface area contributed by atoms with Crippen LogP contribution in [0.15, 0.2) is 43.5 Å². The fourth-order valence-corrected chi connectivity index (χ4v) is 1.84. The van der Waals surface area contributed by atoms with Crippen molar-refractivity contribution in [2.45, 2.75) is 11.8 Å². The number of hydrogen-bond acceptors (Lipinski definition) is 2. The highest BCUT2D eigenvalue weighted by atomic mass is 16.3. The van der Waals surface area contributed by atoms with Gasteiger partial charge in [0.05, 0.1) is 11.5 Å². The Morgan fingerprint density at radius 2 is 2.00 bits per heavy atom. The number of nitriles is 1. The van der Waals surface area contributed by atoms with E-state index in [4.69, 9.17) is 10.4 Å². The molecule has 1 aliphatic rings. The third-order valence-electron chi connectivity index (χ3n) is 2.81. The molecule has 0 amide bonds. The summed E-state index contributed by atoms with van der Waals surface area (Å²) in [6.45, 7) is 6.11. The maximum Gasteiger partial charge on any atom is 0.0877 e. The van der Waals surface area contributed by atoms with Gasteiger partial charge in [0, 0.05) is 12.5 Å². The van der Waals surface area contributed by atoms with Crippen LogP contribution in [0.3, 0.4) is 0 Å². The number of benzene rings is 1. The summed E-state index contributed by atoms with van der Waals surface area (Å²) in [5.41, 5.74) is 0.646. The maximum atomic E-state index is 9.05. The fraction of sp³-hybridized carbons (Fsp3) is 0.308. The molecule has 0 aliphatic heterocycles. The molecule has 0 heterocycles. The highest BCUT2D eigenvalue weighted by molar-refractivity contribution is 5.41. The molecular formula is C13H15NO. The van der Waals surface area contributed by atoms with E-state index < -0.39 is 5.41 Å². The first-order valence-corrected chi connectivity index (χ1v) is 4.91. The summed E-state index contributed by atoms with van der Waals surface area (Å²) < 4.78 is 0. The third-order valence-corrected chi connectivity index (χ3v) is 2.81. The smallest absolute Gasteiger partial charge is 0.0877 e. The van der Waals surface area contributed by atoms with Gasteiger partial charge in [-0.3, -0.25) is 0 Å². The van der Waals surface area contributed by atoms with Crippen LogP contribution in [0.1, 0.15) is 12.0 Å². The number of aliphatic hydroxyl groups excluding tert-OH is 1. The normalized spacial score (nSPS) is 27.1. The number of nitrogens with zero attached hydrogens (tertiary/aromatic N) is 1. The van der Waals surface area contributed by atoms with E-state index >= 15 is 0 Å². The van der Waals surface area contributed by atoms with Gasteiger partial charge < -0.3 is 5.11 Å². The Kier molecular flexibility index (Phi) is 3.65. The molecule has 0 radical (unpaired) electrons. The van der Waals surface area contributed by atoms with Crippen LogP contribution < -0.4 is 0 Å². The first-order valence-electron chi connectivity index (χ1n) is 4.91. The molecule has 2 rings (SSSR count). The first-order chi connectivity index (χ1) is 7.33. The molecule has 2 heteroatoms. The van der Waals surface area contributed by atoms with Gasteiger partial charge in [-0.25, -0.2) is 0 Å². The first kappa shape index (κ1) is 11.5. The lowest BCUT2D eigenvalue weighted by molar-refractivity contribution is 0.269. The Balaban J connectivity index is 0.000000531. The summed E-state index contributed by atoms with van der Waals surface area (Å²) >= 11 is 0. The summed E-state index contributed by atoms with van der Waals surface area (Å²) in [6.07, 6.45) is 0.796. The lowest BCUT2D eigenvalue weighted by atomic mass is 9.95. The zero-order valence-corrected chi connectivity index (χ0v) is 8.69. The zero-order valence-electron chi connectivity index (χ0n) is 8.69. The van der Waals surface area contributed by atoms with Crippen molar-refractivity contribution in [3.63, 3.8) is 0 Å². The number of aliphatic hydroxyl groups is 1. The van der Waals surface area contributed by atoms with Crippen LogP contribution in [0.2, 0.25) is 0 Å². The topological polar surface area (TPSA) is 44.0 Å². The average molecular weight is 201 g/mol. The van der Waals surface area contributed by atoms with Crippen molar-refractivity contribution in [2.75, 3.05) is 6.61 Å². The maximum absolute atomic E-state index is 9.05. The predicted molar refractivity (Wildman–Crippen MR) is 60.2 cm³/mol. The molecular weight excluding hydrogens is 186 g/mol. The standard InChI is InChI=1S/C11H11NO.C2H4/c12-8-11(6-10(11)7-13)9-4-2-1-3-5-9;1-2/h1-5,10,13H,6-7H2;1-2H2/t10?,11-;/m1./s1. The Labute approximate surface area is 90.5 Å². The largest absolute Gasteiger partial charge is 0.396 e. The van der Waals surface area contributed by atoms with E-state index in [-0.39, 0.29) is 12.5 Å². The predicted octanol–water partition coefficient (Wildman–Crippen LogP) is 2.26. The van der Waals surface area contributed by atoms with E-state index in [9.17, 15) is 0 Å². The van der Waals surface area contributed by atoms with Gasteiger partial charge in [0.1, 0.15) is 0 Å². The SMILES string of the molecule is C=C.N#C[C@@]1(c2ccccc2)CC1CO. The Morgan fingerprint density at radius 1 is 1.40 bits per heavy atom. The van der Waals surface area contributed by atoms with Gasteiger partial charge in [0.25, 0.3) is 0 Å². The van der Waals surface area contributed by atoms with E-state index in [1.54, 1.807) is 0 Å². The monoisotopic (exact) mass is 201 g/mol. The summed E-state index contributed by atoms with van der Waals surface area (Å²) in [4.78, 5) is 0. The lowest BCUT2D eigenvalue weighted by Crippen LogP contribution is -2.08. The van der Waals surface area contributed by atoms with Crippen LogP contribution in [0.25, 0.3) is 0 Å². The molecule has 15 heavy (non-hydrogen) atoms. The number of rotatable bonds is 2. The van der Waals surface area contributed by atoms with Gasteiger partial charge in [-0.05, 0) is 12.0 Å². The molecule has 1 saturated carbocycles. The minimum atomic E-state index is -0.393. The molecule has 1 fully saturated rings. The summed E-state index contributed by atoms with van der Waals surface area (Å²) in [6, 6.07) is 12.0. The molecule has 1 aromatic carbocycles. The molecule has 1 aliphatic carbocycles. The molecule has 0 saturated heterocycles. The fourth-order valence-electron chi connectivity index (χ4n) is 1.84. The van der Waals surface area contributed by atoms with E-state index in [0.717, 1.165) is 12.0 Å². The van der Waals surface area contributed by atoms with Crippen molar-refractivity contribution >= 4 is 0 Å². The highest BCUT2D eigenvalue weighted by Crippen LogP contribution is 2.53. The van der Waals surface area contributed by atoms with Crippen LogP contribution >= 0.6 is 0 Å². The zero-order chi connectivity index (χ0) is 11.3. The van der Waals surface area contributed by atoms with Crippen molar-refractivity contribution in [1.82, 2.24) is 0 Å². The Hall–Kier alpha value is -1.59. The lowest BCUT2D eigenvalue weighted by Gasteiger charge is -2.06. The van der Waals surface area contributed by atoms with Crippen molar-refractivity contribution in [1.29, 1.82) is 5.26 Å². The second kappa shape index (κ2) is 4.77. The van der Waals surface area contributed by atoms with Gasteiger partial charge >= 0.3 is 0 Å². The number of hydrogen-bond donors (Lipinski definition) is 1. The molecule has 78 valence electrons. The van der Waals surface area contributed by atoms with Gasteiger partial charge in [-0.15, -0.1) is 13.2 Å². The van der Waals surface area contributed by atoms with Crippen molar-refractivity contribution < 1.29 is 5.11 Å². The summed E-state index contributed by atoms with van der Waals surface area (Å²) in [5.74, 6) is 0.139. The minimum Gasteiger partial charge on any atom is -0.396 e. The van der Waals surface area contributed by atoms with Crippen LogP contribution in [0.5, 0.6) is 0 Å². The molecule has 1 N–H and O–H groups in total. The quantitative estimate of drug-likeness (QED) is 0.746. The van der Waals surface area contributed by atoms with Gasteiger partial charge in [0.15, 0.2) is 0 Å². The second-order valence-electron chi connectivity index (χ2n) is 3.53. The van der Waals surface area contributed by atoms with Crippen molar-refractivity contribution in [3.8, 4) is 6.07 Å². The van der Waals surface area contributed by atoms with Crippen LogP contribution in [-0.4, -0.2) is 11.7 Å². The van der Waals surface area contributed by atoms with E-state index in [1.165, 1.54) is 0 Å². The molecule has 0 spiro atoms. The molecule has 1 aromatic rings. The van der Waals surface area contributed by atoms with Crippen LogP contribution in [0.4, 0.5) is 0 Å². The van der Waals surface area contributed by atoms with Crippen LogP contribution in [-0.2, 0) is 5.41 Å². The average Bonchev–Trinajstić information content (AvgIpc) is 3.08. The van der Waals surface area contributed by atoms with Crippen molar-refractivity contribution in [2.24, 2.45) is 5.92 Å². The van der Waals surface area contributed by atoms with Crippen LogP contribution in [0, 0.1) is 17.2 Å². The van der Waals surface area contributed by atoms with E-state index in [2.05, 4.69) is 19.2 Å². The molecule has 0 bridgehead atoms. The van der Waals surface area contributed by atoms with Gasteiger partial charge in [-0.1, -0.05) is 30.3 Å². The van der Waals surface area contributed by atoms with Gasteiger partial charge in [0.2, 0.25) is 0 Å². The second-order valence-corrected chi connectivity index (χ2v) is 3.53. The van der Waals surface area contributed by atoms with Crippen molar-refractivity contribution in [3.05, 3.63) is 49.1 Å². The Morgan fingerprint density at radius 3 is 2.40 bits per heavy atom. The summed E-state index contributed by atoms with van der Waals surface area (Å²) in [7, 11) is 0.